The van der Waals surface area contributed by atoms with Crippen LogP contribution in [0.3, 0.4) is 0 Å². The number of benzene rings is 1. The van der Waals surface area contributed by atoms with Crippen molar-refractivity contribution < 1.29 is 9.47 Å². The van der Waals surface area contributed by atoms with Crippen LogP contribution in [0.5, 0.6) is 5.75 Å². The standard InChI is InChI=1S/C21H23N5O3/c1-12-5-17-13(3-4-29-17)6-15(12)23-19-22-9-16-18(24-19)26(20(27)25(16)2)14-7-21(8-14)10-28-11-21/h5-6,9,14H,3-4,7-8,10-11H2,1-2H3,(H,22,23,24). The maximum absolute atomic E-state index is 12.9. The lowest BCUT2D eigenvalue weighted by molar-refractivity contribution is -0.174. The van der Waals surface area contributed by atoms with E-state index in [9.17, 15) is 4.79 Å². The maximum Gasteiger partial charge on any atom is 0.330 e. The summed E-state index contributed by atoms with van der Waals surface area (Å²) < 4.78 is 14.5. The van der Waals surface area contributed by atoms with Gasteiger partial charge in [0.2, 0.25) is 5.95 Å². The molecule has 0 bridgehead atoms. The van der Waals surface area contributed by atoms with Crippen molar-refractivity contribution in [3.8, 4) is 5.75 Å². The Morgan fingerprint density at radius 2 is 2.10 bits per heavy atom. The van der Waals surface area contributed by atoms with Crippen molar-refractivity contribution in [2.45, 2.75) is 32.2 Å². The zero-order chi connectivity index (χ0) is 19.8. The first-order valence-electron chi connectivity index (χ1n) is 10.1. The first-order valence-corrected chi connectivity index (χ1v) is 10.1. The van der Waals surface area contributed by atoms with E-state index in [4.69, 9.17) is 14.5 Å². The Kier molecular flexibility index (Phi) is 3.42. The van der Waals surface area contributed by atoms with Gasteiger partial charge in [-0.1, -0.05) is 0 Å². The number of ether oxygens (including phenoxy) is 2. The number of imidazole rings is 1. The second kappa shape index (κ2) is 5.82. The van der Waals surface area contributed by atoms with Gasteiger partial charge in [0.25, 0.3) is 0 Å². The lowest BCUT2D eigenvalue weighted by Crippen LogP contribution is -2.53. The lowest BCUT2D eigenvalue weighted by Gasteiger charge is -2.53. The van der Waals surface area contributed by atoms with Gasteiger partial charge in [0.1, 0.15) is 11.3 Å². The van der Waals surface area contributed by atoms with Crippen LogP contribution in [0.1, 0.15) is 30.0 Å². The van der Waals surface area contributed by atoms with Gasteiger partial charge in [-0.15, -0.1) is 0 Å². The van der Waals surface area contributed by atoms with Crippen LogP contribution in [-0.2, 0) is 18.2 Å². The van der Waals surface area contributed by atoms with Gasteiger partial charge in [-0.3, -0.25) is 9.13 Å². The average molecular weight is 393 g/mol. The second-order valence-electron chi connectivity index (χ2n) is 8.67. The highest BCUT2D eigenvalue weighted by molar-refractivity contribution is 5.73. The zero-order valence-electron chi connectivity index (χ0n) is 16.6. The minimum Gasteiger partial charge on any atom is -0.493 e. The molecule has 0 unspecified atom stereocenters. The summed E-state index contributed by atoms with van der Waals surface area (Å²) in [5.41, 5.74) is 4.93. The quantitative estimate of drug-likeness (QED) is 0.736. The third-order valence-corrected chi connectivity index (χ3v) is 6.63. The first-order chi connectivity index (χ1) is 14.0. The van der Waals surface area contributed by atoms with Crippen LogP contribution < -0.4 is 15.7 Å². The smallest absolute Gasteiger partial charge is 0.330 e. The van der Waals surface area contributed by atoms with Crippen molar-refractivity contribution in [2.75, 3.05) is 25.1 Å². The lowest BCUT2D eigenvalue weighted by atomic mass is 9.64. The predicted octanol–water partition coefficient (Wildman–Crippen LogP) is 2.47. The van der Waals surface area contributed by atoms with E-state index in [0.717, 1.165) is 61.6 Å². The molecule has 8 nitrogen and oxygen atoms in total. The molecular weight excluding hydrogens is 370 g/mol. The third kappa shape index (κ3) is 2.45. The van der Waals surface area contributed by atoms with Gasteiger partial charge in [-0.2, -0.15) is 4.98 Å². The number of rotatable bonds is 3. The summed E-state index contributed by atoms with van der Waals surface area (Å²) >= 11 is 0. The zero-order valence-corrected chi connectivity index (χ0v) is 16.6. The molecule has 0 radical (unpaired) electrons. The third-order valence-electron chi connectivity index (χ3n) is 6.63. The Labute approximate surface area is 167 Å². The number of fused-ring (bicyclic) bond motifs is 2. The Bertz CT molecular complexity index is 1200. The summed E-state index contributed by atoms with van der Waals surface area (Å²) in [5, 5.41) is 3.34. The first kappa shape index (κ1) is 17.0. The molecular formula is C21H23N5O3. The summed E-state index contributed by atoms with van der Waals surface area (Å²) in [6, 6.07) is 4.34. The molecule has 1 spiro atoms. The van der Waals surface area contributed by atoms with Gasteiger partial charge in [0.15, 0.2) is 5.65 Å². The summed E-state index contributed by atoms with van der Waals surface area (Å²) in [5.74, 6) is 1.46. The van der Waals surface area contributed by atoms with Crippen molar-refractivity contribution in [3.05, 3.63) is 39.9 Å². The molecule has 0 atom stereocenters. The van der Waals surface area contributed by atoms with Crippen molar-refractivity contribution in [1.82, 2.24) is 19.1 Å². The molecule has 3 aromatic rings. The molecule has 1 aliphatic carbocycles. The van der Waals surface area contributed by atoms with E-state index < -0.39 is 0 Å². The highest BCUT2D eigenvalue weighted by Gasteiger charge is 2.51. The SMILES string of the molecule is Cc1cc2c(cc1Nc1ncc3c(n1)n(C1CC4(COC4)C1)c(=O)n3C)CCO2. The molecule has 1 N–H and O–H groups in total. The minimum atomic E-state index is -0.0302. The van der Waals surface area contributed by atoms with E-state index in [1.165, 1.54) is 5.56 Å². The number of nitrogens with one attached hydrogen (secondary N) is 1. The van der Waals surface area contributed by atoms with Gasteiger partial charge in [-0.05, 0) is 43.0 Å². The molecule has 150 valence electrons. The van der Waals surface area contributed by atoms with Crippen LogP contribution in [0.2, 0.25) is 0 Å². The fourth-order valence-corrected chi connectivity index (χ4v) is 4.86. The Morgan fingerprint density at radius 3 is 2.86 bits per heavy atom. The predicted molar refractivity (Wildman–Crippen MR) is 108 cm³/mol. The average Bonchev–Trinajstić information content (AvgIpc) is 3.17. The van der Waals surface area contributed by atoms with Crippen LogP contribution in [0.15, 0.2) is 23.1 Å². The van der Waals surface area contributed by atoms with E-state index in [1.807, 2.05) is 11.5 Å². The monoisotopic (exact) mass is 393 g/mol. The fraction of sp³-hybridized carbons (Fsp3) is 0.476. The van der Waals surface area contributed by atoms with E-state index in [2.05, 4.69) is 22.4 Å². The highest BCUT2D eigenvalue weighted by atomic mass is 16.5. The van der Waals surface area contributed by atoms with Crippen molar-refractivity contribution in [2.24, 2.45) is 12.5 Å². The molecule has 29 heavy (non-hydrogen) atoms. The van der Waals surface area contributed by atoms with Crippen molar-refractivity contribution in [1.29, 1.82) is 0 Å². The largest absolute Gasteiger partial charge is 0.493 e. The molecule has 2 aliphatic heterocycles. The number of nitrogens with zero attached hydrogens (tertiary/aromatic N) is 4. The van der Waals surface area contributed by atoms with Crippen LogP contribution in [0, 0.1) is 12.3 Å². The minimum absolute atomic E-state index is 0.0302. The van der Waals surface area contributed by atoms with Crippen molar-refractivity contribution in [3.63, 3.8) is 0 Å². The molecule has 2 aromatic heterocycles. The van der Waals surface area contributed by atoms with Crippen molar-refractivity contribution >= 4 is 22.8 Å². The van der Waals surface area contributed by atoms with Gasteiger partial charge in [0, 0.05) is 30.6 Å². The number of aromatic nitrogens is 4. The molecule has 3 aliphatic rings. The van der Waals surface area contributed by atoms with E-state index in [1.54, 1.807) is 17.8 Å². The summed E-state index contributed by atoms with van der Waals surface area (Å²) in [6.45, 7) is 4.39. The number of aryl methyl sites for hydroxylation is 2. The highest BCUT2D eigenvalue weighted by Crippen LogP contribution is 2.53. The fourth-order valence-electron chi connectivity index (χ4n) is 4.86. The topological polar surface area (TPSA) is 83.2 Å². The molecule has 0 amide bonds. The molecule has 1 saturated carbocycles. The second-order valence-corrected chi connectivity index (χ2v) is 8.67. The van der Waals surface area contributed by atoms with E-state index >= 15 is 0 Å². The van der Waals surface area contributed by atoms with Gasteiger partial charge >= 0.3 is 5.69 Å². The summed E-state index contributed by atoms with van der Waals surface area (Å²) in [4.78, 5) is 22.1. The van der Waals surface area contributed by atoms with Gasteiger partial charge in [-0.25, -0.2) is 9.78 Å². The molecule has 2 fully saturated rings. The molecule has 1 saturated heterocycles. The number of hydrogen-bond donors (Lipinski definition) is 1. The van der Waals surface area contributed by atoms with Crippen LogP contribution >= 0.6 is 0 Å². The molecule has 8 heteroatoms. The molecule has 1 aromatic carbocycles. The molecule has 4 heterocycles. The van der Waals surface area contributed by atoms with E-state index in [0.29, 0.717) is 11.6 Å². The maximum atomic E-state index is 12.9. The van der Waals surface area contributed by atoms with Crippen LogP contribution in [0.25, 0.3) is 11.2 Å². The van der Waals surface area contributed by atoms with Crippen LogP contribution in [-0.4, -0.2) is 38.9 Å². The van der Waals surface area contributed by atoms with Gasteiger partial charge < -0.3 is 14.8 Å². The summed E-state index contributed by atoms with van der Waals surface area (Å²) in [6.07, 6.45) is 4.59. The normalized spacial score (nSPS) is 19.7. The Balaban J connectivity index is 1.37. The van der Waals surface area contributed by atoms with E-state index in [-0.39, 0.29) is 17.1 Å². The molecule has 6 rings (SSSR count). The Morgan fingerprint density at radius 1 is 1.28 bits per heavy atom. The van der Waals surface area contributed by atoms with Crippen LogP contribution in [0.4, 0.5) is 11.6 Å². The Hall–Kier alpha value is -2.87. The summed E-state index contributed by atoms with van der Waals surface area (Å²) in [7, 11) is 1.78. The van der Waals surface area contributed by atoms with Gasteiger partial charge in [0.05, 0.1) is 26.0 Å². The number of anilines is 2. The number of hydrogen-bond acceptors (Lipinski definition) is 6.